The summed E-state index contributed by atoms with van der Waals surface area (Å²) in [6.45, 7) is 7.42. The highest BCUT2D eigenvalue weighted by Crippen LogP contribution is 2.39. The Labute approximate surface area is 210 Å². The number of hydrogen-bond donors (Lipinski definition) is 3. The van der Waals surface area contributed by atoms with Crippen LogP contribution in [-0.4, -0.2) is 56.1 Å². The maximum atomic E-state index is 12.2. The summed E-state index contributed by atoms with van der Waals surface area (Å²) in [6.07, 6.45) is 9.45. The van der Waals surface area contributed by atoms with Gasteiger partial charge < -0.3 is 24.8 Å². The number of alkyl carbamates (subject to hydrolysis) is 1. The number of aromatic amines is 1. The van der Waals surface area contributed by atoms with E-state index in [0.29, 0.717) is 40.8 Å². The molecule has 0 bridgehead atoms. The monoisotopic (exact) mass is 495 g/mol. The molecule has 3 aromatic heterocycles. The summed E-state index contributed by atoms with van der Waals surface area (Å²) >= 11 is 0. The van der Waals surface area contributed by atoms with E-state index in [1.54, 1.807) is 31.9 Å². The second-order valence-electron chi connectivity index (χ2n) is 9.80. The first-order valence-corrected chi connectivity index (χ1v) is 12.0. The molecule has 0 unspecified atom stereocenters. The van der Waals surface area contributed by atoms with Gasteiger partial charge in [0.2, 0.25) is 0 Å². The van der Waals surface area contributed by atoms with Crippen LogP contribution < -0.4 is 20.1 Å². The van der Waals surface area contributed by atoms with Gasteiger partial charge in [-0.1, -0.05) is 0 Å². The largest absolute Gasteiger partial charge is 0.494 e. The highest BCUT2D eigenvalue weighted by atomic mass is 16.6. The normalized spacial score (nSPS) is 17.8. The Morgan fingerprint density at radius 1 is 1.08 bits per heavy atom. The van der Waals surface area contributed by atoms with Gasteiger partial charge in [-0.25, -0.2) is 9.78 Å². The van der Waals surface area contributed by atoms with E-state index in [1.165, 1.54) is 0 Å². The zero-order valence-electron chi connectivity index (χ0n) is 21.3. The Kier molecular flexibility index (Phi) is 7.56. The zero-order chi connectivity index (χ0) is 25.7. The number of methoxy groups -OCH3 is 1. The number of aryl methyl sites for hydroxylation is 1. The van der Waals surface area contributed by atoms with Crippen molar-refractivity contribution < 1.29 is 19.0 Å². The quantitative estimate of drug-likeness (QED) is 0.431. The average Bonchev–Trinajstić information content (AvgIpc) is 3.27. The molecule has 3 heterocycles. The minimum Gasteiger partial charge on any atom is -0.494 e. The maximum Gasteiger partial charge on any atom is 0.407 e. The summed E-state index contributed by atoms with van der Waals surface area (Å²) in [5.41, 5.74) is 1.70. The minimum absolute atomic E-state index is 0.0285. The average molecular weight is 496 g/mol. The van der Waals surface area contributed by atoms with Crippen LogP contribution in [0.2, 0.25) is 0 Å². The number of anilines is 2. The van der Waals surface area contributed by atoms with Crippen molar-refractivity contribution in [3.63, 3.8) is 0 Å². The van der Waals surface area contributed by atoms with Crippen molar-refractivity contribution in [2.75, 3.05) is 12.4 Å². The number of pyridine rings is 1. The lowest BCUT2D eigenvalue weighted by molar-refractivity contribution is 0.0463. The fourth-order valence-corrected chi connectivity index (χ4v) is 4.07. The van der Waals surface area contributed by atoms with Crippen LogP contribution in [0.5, 0.6) is 11.5 Å². The lowest BCUT2D eigenvalue weighted by atomic mass is 9.93. The van der Waals surface area contributed by atoms with Gasteiger partial charge in [0.15, 0.2) is 11.6 Å². The van der Waals surface area contributed by atoms with Crippen LogP contribution in [0.4, 0.5) is 16.4 Å². The van der Waals surface area contributed by atoms with Gasteiger partial charge in [0, 0.05) is 18.5 Å². The van der Waals surface area contributed by atoms with Gasteiger partial charge in [-0.15, -0.1) is 0 Å². The molecule has 0 spiro atoms. The number of ether oxygens (including phenoxy) is 3. The fraction of sp³-hybridized carbons (Fsp3) is 0.480. The van der Waals surface area contributed by atoms with E-state index in [2.05, 4.69) is 35.8 Å². The molecule has 1 saturated carbocycles. The third-order valence-electron chi connectivity index (χ3n) is 5.62. The number of H-pyrrole nitrogens is 1. The number of carbonyl (C=O) groups excluding carboxylic acids is 1. The van der Waals surface area contributed by atoms with Gasteiger partial charge in [-0.2, -0.15) is 5.10 Å². The predicted octanol–water partition coefficient (Wildman–Crippen LogP) is 4.54. The molecule has 1 aliphatic carbocycles. The van der Waals surface area contributed by atoms with Crippen LogP contribution in [0.15, 0.2) is 30.9 Å². The topological polar surface area (TPSA) is 136 Å². The van der Waals surface area contributed by atoms with Crippen LogP contribution in [0.3, 0.4) is 0 Å². The first-order chi connectivity index (χ1) is 17.2. The first kappa shape index (κ1) is 25.2. The Hall–Kier alpha value is -3.89. The van der Waals surface area contributed by atoms with Crippen LogP contribution in [0.25, 0.3) is 11.3 Å². The van der Waals surface area contributed by atoms with Crippen molar-refractivity contribution in [3.8, 4) is 22.8 Å². The molecule has 2 atom stereocenters. The van der Waals surface area contributed by atoms with Gasteiger partial charge in [0.1, 0.15) is 23.3 Å². The summed E-state index contributed by atoms with van der Waals surface area (Å²) in [4.78, 5) is 25.1. The lowest BCUT2D eigenvalue weighted by Gasteiger charge is -2.31. The van der Waals surface area contributed by atoms with Crippen molar-refractivity contribution in [2.45, 2.75) is 71.1 Å². The molecule has 36 heavy (non-hydrogen) atoms. The Balaban J connectivity index is 1.49. The number of carbonyl (C=O) groups is 1. The molecule has 11 nitrogen and oxygen atoms in total. The summed E-state index contributed by atoms with van der Waals surface area (Å²) in [6, 6.07) is 1.82. The van der Waals surface area contributed by atoms with Gasteiger partial charge >= 0.3 is 6.09 Å². The highest BCUT2D eigenvalue weighted by Gasteiger charge is 2.28. The van der Waals surface area contributed by atoms with Gasteiger partial charge in [0.25, 0.3) is 0 Å². The summed E-state index contributed by atoms with van der Waals surface area (Å²) in [5.74, 6) is 2.29. The first-order valence-electron chi connectivity index (χ1n) is 12.0. The van der Waals surface area contributed by atoms with E-state index in [-0.39, 0.29) is 12.1 Å². The molecule has 1 amide bonds. The molecule has 0 aromatic carbocycles. The molecular formula is C25H33N7O4. The number of rotatable bonds is 7. The molecule has 3 N–H and O–H groups in total. The van der Waals surface area contributed by atoms with Crippen LogP contribution >= 0.6 is 0 Å². The molecule has 11 heteroatoms. The second kappa shape index (κ2) is 10.8. The summed E-state index contributed by atoms with van der Waals surface area (Å²) in [7, 11) is 1.59. The van der Waals surface area contributed by atoms with E-state index < -0.39 is 11.7 Å². The van der Waals surface area contributed by atoms with Crippen LogP contribution in [-0.2, 0) is 4.74 Å². The highest BCUT2D eigenvalue weighted by molar-refractivity contribution is 5.75. The molecule has 1 fully saturated rings. The number of aromatic nitrogens is 5. The van der Waals surface area contributed by atoms with Gasteiger partial charge in [0.05, 0.1) is 48.8 Å². The smallest absolute Gasteiger partial charge is 0.407 e. The van der Waals surface area contributed by atoms with E-state index in [9.17, 15) is 4.79 Å². The zero-order valence-corrected chi connectivity index (χ0v) is 21.3. The Bertz CT molecular complexity index is 1170. The lowest BCUT2D eigenvalue weighted by Crippen LogP contribution is -2.43. The van der Waals surface area contributed by atoms with Crippen molar-refractivity contribution >= 4 is 17.7 Å². The maximum absolute atomic E-state index is 12.2. The van der Waals surface area contributed by atoms with Crippen LogP contribution in [0.1, 0.15) is 52.1 Å². The minimum atomic E-state index is -0.542. The Morgan fingerprint density at radius 2 is 1.89 bits per heavy atom. The number of hydrogen-bond acceptors (Lipinski definition) is 9. The molecule has 0 radical (unpaired) electrons. The van der Waals surface area contributed by atoms with Gasteiger partial charge in [-0.05, 0) is 47.0 Å². The van der Waals surface area contributed by atoms with Crippen LogP contribution in [0, 0.1) is 6.92 Å². The van der Waals surface area contributed by atoms with Crippen molar-refractivity contribution in [2.24, 2.45) is 0 Å². The molecule has 3 aromatic rings. The molecule has 0 saturated heterocycles. The van der Waals surface area contributed by atoms with Crippen molar-refractivity contribution in [3.05, 3.63) is 36.5 Å². The van der Waals surface area contributed by atoms with E-state index in [4.69, 9.17) is 14.2 Å². The van der Waals surface area contributed by atoms with E-state index in [1.807, 2.05) is 33.8 Å². The SMILES string of the molecule is COc1cncc(O[C@@H]2CCC[C@H](NC(=O)OC(C)(C)C)C2)c1-c1cc(Nc2cnc(C)cn2)n[nH]1. The van der Waals surface area contributed by atoms with E-state index >= 15 is 0 Å². The Morgan fingerprint density at radius 3 is 2.61 bits per heavy atom. The standard InChI is InChI=1S/C25H33N7O4/c1-15-11-28-22(14-27-15)30-21-10-18(31-32-21)23-19(34-5)12-26-13-20(23)35-17-8-6-7-16(9-17)29-24(33)36-25(2,3)4/h10-14,16-17H,6-9H2,1-5H3,(H,29,33)(H2,28,30,31,32)/t16-,17+/m0/s1. The second-order valence-corrected chi connectivity index (χ2v) is 9.80. The number of nitrogens with zero attached hydrogens (tertiary/aromatic N) is 4. The number of nitrogens with one attached hydrogen (secondary N) is 3. The molecule has 0 aliphatic heterocycles. The summed E-state index contributed by atoms with van der Waals surface area (Å²) in [5, 5.41) is 13.5. The third-order valence-corrected chi connectivity index (χ3v) is 5.62. The van der Waals surface area contributed by atoms with Crippen molar-refractivity contribution in [1.29, 1.82) is 0 Å². The van der Waals surface area contributed by atoms with Gasteiger partial charge in [-0.3, -0.25) is 15.1 Å². The molecule has 4 rings (SSSR count). The number of amides is 1. The fourth-order valence-electron chi connectivity index (χ4n) is 4.07. The summed E-state index contributed by atoms with van der Waals surface area (Å²) < 4.78 is 17.4. The van der Waals surface area contributed by atoms with E-state index in [0.717, 1.165) is 25.0 Å². The predicted molar refractivity (Wildman–Crippen MR) is 134 cm³/mol. The van der Waals surface area contributed by atoms with Crippen molar-refractivity contribution in [1.82, 2.24) is 30.5 Å². The third kappa shape index (κ3) is 6.61. The molecule has 192 valence electrons. The molecule has 1 aliphatic rings. The molecular weight excluding hydrogens is 462 g/mol.